The molecule has 0 aliphatic rings. The molecule has 0 radical (unpaired) electrons. The van der Waals surface area contributed by atoms with Gasteiger partial charge in [0.1, 0.15) is 23.2 Å². The van der Waals surface area contributed by atoms with Crippen LogP contribution < -0.4 is 5.32 Å². The molecule has 0 saturated carbocycles. The highest BCUT2D eigenvalue weighted by molar-refractivity contribution is 6.00. The van der Waals surface area contributed by atoms with E-state index < -0.39 is 23.7 Å². The van der Waals surface area contributed by atoms with Crippen molar-refractivity contribution in [3.8, 4) is 5.75 Å². The number of phenolic OH excluding ortho intramolecular Hbond substituents is 1. The van der Waals surface area contributed by atoms with Crippen LogP contribution in [0.25, 0.3) is 11.0 Å². The summed E-state index contributed by atoms with van der Waals surface area (Å²) in [5, 5.41) is 12.5. The molecule has 0 fully saturated rings. The number of carbonyl (C=O) groups excluding carboxylic acids is 2. The monoisotopic (exact) mass is 371 g/mol. The van der Waals surface area contributed by atoms with Crippen molar-refractivity contribution in [2.45, 2.75) is 19.4 Å². The maximum atomic E-state index is 13.4. The van der Waals surface area contributed by atoms with E-state index in [1.54, 1.807) is 19.1 Å². The quantitative estimate of drug-likeness (QED) is 0.673. The number of carbonyl (C=O) groups is 2. The summed E-state index contributed by atoms with van der Waals surface area (Å²) >= 11 is 0. The number of phenols is 1. The van der Waals surface area contributed by atoms with E-state index in [0.717, 1.165) is 5.56 Å². The van der Waals surface area contributed by atoms with E-state index in [4.69, 9.17) is 9.15 Å². The fourth-order valence-corrected chi connectivity index (χ4v) is 2.84. The number of methoxy groups -OCH3 is 1. The standard InChI is InChI=1S/C20H18FNO5/c1-11-15-10-13(21)5-8-17(15)27-18(11)19(24)22-16(20(25)26-2)9-12-3-6-14(23)7-4-12/h3-8,10,16,23H,9H2,1-2H3,(H,22,24)/t16-/m0/s1. The fraction of sp³-hybridized carbons (Fsp3) is 0.200. The Morgan fingerprint density at radius 1 is 1.22 bits per heavy atom. The Kier molecular flexibility index (Phi) is 5.12. The molecule has 0 spiro atoms. The Balaban J connectivity index is 1.85. The van der Waals surface area contributed by atoms with E-state index in [2.05, 4.69) is 5.32 Å². The van der Waals surface area contributed by atoms with Crippen LogP contribution in [0.1, 0.15) is 21.7 Å². The van der Waals surface area contributed by atoms with Gasteiger partial charge in [-0.3, -0.25) is 4.79 Å². The lowest BCUT2D eigenvalue weighted by molar-refractivity contribution is -0.142. The second-order valence-corrected chi connectivity index (χ2v) is 6.12. The summed E-state index contributed by atoms with van der Waals surface area (Å²) < 4.78 is 23.7. The zero-order valence-electron chi connectivity index (χ0n) is 14.8. The average Bonchev–Trinajstić information content (AvgIpc) is 2.98. The Bertz CT molecular complexity index is 994. The molecular weight excluding hydrogens is 353 g/mol. The maximum absolute atomic E-state index is 13.4. The highest BCUT2D eigenvalue weighted by Crippen LogP contribution is 2.26. The third-order valence-corrected chi connectivity index (χ3v) is 4.27. The highest BCUT2D eigenvalue weighted by atomic mass is 19.1. The third kappa shape index (κ3) is 3.92. The Labute approximate surface area is 154 Å². The summed E-state index contributed by atoms with van der Waals surface area (Å²) in [6.45, 7) is 1.65. The van der Waals surface area contributed by atoms with E-state index in [9.17, 15) is 19.1 Å². The molecule has 3 aromatic rings. The van der Waals surface area contributed by atoms with Gasteiger partial charge >= 0.3 is 5.97 Å². The molecule has 7 heteroatoms. The minimum absolute atomic E-state index is 0.00945. The molecular formula is C20H18FNO5. The van der Waals surface area contributed by atoms with Crippen molar-refractivity contribution in [3.63, 3.8) is 0 Å². The number of aromatic hydroxyl groups is 1. The van der Waals surface area contributed by atoms with Gasteiger partial charge in [0.15, 0.2) is 5.76 Å². The first-order valence-corrected chi connectivity index (χ1v) is 8.24. The van der Waals surface area contributed by atoms with Crippen LogP contribution in [0.5, 0.6) is 5.75 Å². The van der Waals surface area contributed by atoms with Crippen molar-refractivity contribution in [3.05, 3.63) is 65.2 Å². The largest absolute Gasteiger partial charge is 0.508 e. The summed E-state index contributed by atoms with van der Waals surface area (Å²) in [6.07, 6.45) is 0.173. The smallest absolute Gasteiger partial charge is 0.328 e. The van der Waals surface area contributed by atoms with Crippen LogP contribution in [0.2, 0.25) is 0 Å². The van der Waals surface area contributed by atoms with Crippen LogP contribution in [0.4, 0.5) is 4.39 Å². The van der Waals surface area contributed by atoms with Gasteiger partial charge in [-0.15, -0.1) is 0 Å². The molecule has 140 valence electrons. The second-order valence-electron chi connectivity index (χ2n) is 6.12. The van der Waals surface area contributed by atoms with Gasteiger partial charge in [0, 0.05) is 17.4 Å². The Hall–Kier alpha value is -3.35. The Morgan fingerprint density at radius 3 is 2.59 bits per heavy atom. The number of ether oxygens (including phenoxy) is 1. The van der Waals surface area contributed by atoms with Crippen molar-refractivity contribution in [2.24, 2.45) is 0 Å². The number of rotatable bonds is 5. The molecule has 2 aromatic carbocycles. The summed E-state index contributed by atoms with van der Waals surface area (Å²) in [4.78, 5) is 24.7. The predicted octanol–water partition coefficient (Wildman–Crippen LogP) is 3.10. The zero-order valence-corrected chi connectivity index (χ0v) is 14.8. The summed E-state index contributed by atoms with van der Waals surface area (Å²) in [7, 11) is 1.23. The lowest BCUT2D eigenvalue weighted by Crippen LogP contribution is -2.43. The number of benzene rings is 2. The van der Waals surface area contributed by atoms with E-state index in [-0.39, 0.29) is 17.9 Å². The minimum Gasteiger partial charge on any atom is -0.508 e. The molecule has 0 bridgehead atoms. The molecule has 3 rings (SSSR count). The van der Waals surface area contributed by atoms with E-state index in [1.165, 1.54) is 37.4 Å². The SMILES string of the molecule is COC(=O)[C@H](Cc1ccc(O)cc1)NC(=O)c1oc2ccc(F)cc2c1C. The summed E-state index contributed by atoms with van der Waals surface area (Å²) in [5.41, 5.74) is 1.59. The van der Waals surface area contributed by atoms with Crippen molar-refractivity contribution < 1.29 is 28.2 Å². The van der Waals surface area contributed by atoms with Gasteiger partial charge in [-0.2, -0.15) is 0 Å². The second kappa shape index (κ2) is 7.49. The lowest BCUT2D eigenvalue weighted by atomic mass is 10.1. The number of hydrogen-bond donors (Lipinski definition) is 2. The molecule has 0 saturated heterocycles. The van der Waals surface area contributed by atoms with Crippen LogP contribution in [0.3, 0.4) is 0 Å². The first kappa shape index (κ1) is 18.4. The fourth-order valence-electron chi connectivity index (χ4n) is 2.84. The van der Waals surface area contributed by atoms with Gasteiger partial charge in [-0.05, 0) is 42.8 Å². The van der Waals surface area contributed by atoms with Crippen LogP contribution >= 0.6 is 0 Å². The first-order valence-electron chi connectivity index (χ1n) is 8.24. The molecule has 0 unspecified atom stereocenters. The number of furan rings is 1. The number of nitrogens with one attached hydrogen (secondary N) is 1. The molecule has 0 aliphatic heterocycles. The van der Waals surface area contributed by atoms with Gasteiger partial charge in [0.05, 0.1) is 7.11 Å². The molecule has 2 N–H and O–H groups in total. The van der Waals surface area contributed by atoms with Crippen LogP contribution in [-0.4, -0.2) is 30.1 Å². The molecule has 1 atom stereocenters. The first-order chi connectivity index (χ1) is 12.9. The number of esters is 1. The van der Waals surface area contributed by atoms with Crippen molar-refractivity contribution in [1.82, 2.24) is 5.32 Å². The molecule has 1 heterocycles. The van der Waals surface area contributed by atoms with E-state index >= 15 is 0 Å². The number of hydrogen-bond acceptors (Lipinski definition) is 5. The average molecular weight is 371 g/mol. The molecule has 0 aliphatic carbocycles. The summed E-state index contributed by atoms with van der Waals surface area (Å²) in [5.74, 6) is -1.54. The minimum atomic E-state index is -0.948. The molecule has 1 amide bonds. The highest BCUT2D eigenvalue weighted by Gasteiger charge is 2.26. The number of aryl methyl sites for hydroxylation is 1. The van der Waals surface area contributed by atoms with E-state index in [1.807, 2.05) is 0 Å². The topological polar surface area (TPSA) is 88.8 Å². The van der Waals surface area contributed by atoms with Crippen LogP contribution in [0.15, 0.2) is 46.9 Å². The van der Waals surface area contributed by atoms with Crippen molar-refractivity contribution in [2.75, 3.05) is 7.11 Å². The van der Waals surface area contributed by atoms with Crippen molar-refractivity contribution >= 4 is 22.8 Å². The zero-order chi connectivity index (χ0) is 19.6. The van der Waals surface area contributed by atoms with Crippen molar-refractivity contribution in [1.29, 1.82) is 0 Å². The number of amides is 1. The van der Waals surface area contributed by atoms with Crippen LogP contribution in [-0.2, 0) is 16.0 Å². The van der Waals surface area contributed by atoms with E-state index in [0.29, 0.717) is 16.5 Å². The summed E-state index contributed by atoms with van der Waals surface area (Å²) in [6, 6.07) is 9.31. The Morgan fingerprint density at radius 2 is 1.93 bits per heavy atom. The van der Waals surface area contributed by atoms with Gasteiger partial charge in [0.25, 0.3) is 5.91 Å². The predicted molar refractivity (Wildman–Crippen MR) is 96.0 cm³/mol. The molecule has 6 nitrogen and oxygen atoms in total. The number of halogens is 1. The van der Waals surface area contributed by atoms with Gasteiger partial charge in [-0.25, -0.2) is 9.18 Å². The normalized spacial score (nSPS) is 12.0. The maximum Gasteiger partial charge on any atom is 0.328 e. The van der Waals surface area contributed by atoms with Gasteiger partial charge in [-0.1, -0.05) is 12.1 Å². The lowest BCUT2D eigenvalue weighted by Gasteiger charge is -2.16. The molecule has 27 heavy (non-hydrogen) atoms. The molecule has 1 aromatic heterocycles. The number of fused-ring (bicyclic) bond motifs is 1. The van der Waals surface area contributed by atoms with Gasteiger partial charge in [0.2, 0.25) is 0 Å². The van der Waals surface area contributed by atoms with Gasteiger partial charge < -0.3 is 19.6 Å². The third-order valence-electron chi connectivity index (χ3n) is 4.27. The van der Waals surface area contributed by atoms with Crippen LogP contribution in [0, 0.1) is 12.7 Å².